The van der Waals surface area contributed by atoms with E-state index in [-0.39, 0.29) is 0 Å². The average molecular weight is 263 g/mol. The lowest BCUT2D eigenvalue weighted by molar-refractivity contribution is 0.332. The number of ether oxygens (including phenoxy) is 1. The van der Waals surface area contributed by atoms with Gasteiger partial charge in [-0.15, -0.1) is 0 Å². The molecule has 0 heterocycles. The predicted molar refractivity (Wildman–Crippen MR) is 78.0 cm³/mol. The van der Waals surface area contributed by atoms with Gasteiger partial charge >= 0.3 is 0 Å². The number of aryl methyl sites for hydroxylation is 2. The van der Waals surface area contributed by atoms with Gasteiger partial charge < -0.3 is 4.74 Å². The largest absolute Gasteiger partial charge is 0.493 e. The van der Waals surface area contributed by atoms with E-state index in [1.54, 1.807) is 0 Å². The van der Waals surface area contributed by atoms with Crippen LogP contribution in [0, 0.1) is 30.4 Å². The van der Waals surface area contributed by atoms with Crippen molar-refractivity contribution in [3.05, 3.63) is 28.8 Å². The zero-order valence-electron chi connectivity index (χ0n) is 11.6. The van der Waals surface area contributed by atoms with E-state index in [0.29, 0.717) is 12.5 Å². The summed E-state index contributed by atoms with van der Waals surface area (Å²) >= 11 is 1.33. The molecule has 0 spiro atoms. The van der Waals surface area contributed by atoms with E-state index in [4.69, 9.17) is 10.00 Å². The number of thioether (sulfide) groups is 1. The molecule has 0 saturated heterocycles. The smallest absolute Gasteiger partial charge is 0.133 e. The minimum atomic E-state index is 0.482. The van der Waals surface area contributed by atoms with Crippen LogP contribution in [0.2, 0.25) is 0 Å². The van der Waals surface area contributed by atoms with Crippen LogP contribution < -0.4 is 4.74 Å². The Morgan fingerprint density at radius 2 is 2.11 bits per heavy atom. The zero-order valence-corrected chi connectivity index (χ0v) is 12.4. The third kappa shape index (κ3) is 4.27. The Bertz CT molecular complexity index is 437. The lowest BCUT2D eigenvalue weighted by Gasteiger charge is -2.17. The van der Waals surface area contributed by atoms with Crippen LogP contribution in [0.5, 0.6) is 5.75 Å². The fourth-order valence-electron chi connectivity index (χ4n) is 2.16. The molecular formula is C15H21NOS. The molecule has 0 saturated carbocycles. The second-order valence-electron chi connectivity index (χ2n) is 4.71. The first-order chi connectivity index (χ1) is 8.58. The molecule has 0 aliphatic heterocycles. The number of nitriles is 1. The van der Waals surface area contributed by atoms with Crippen molar-refractivity contribution in [2.45, 2.75) is 34.1 Å². The van der Waals surface area contributed by atoms with Crippen LogP contribution in [0.15, 0.2) is 12.1 Å². The molecule has 0 aliphatic rings. The molecule has 0 radical (unpaired) electrons. The lowest BCUT2D eigenvalue weighted by atomic mass is 9.97. The van der Waals surface area contributed by atoms with Gasteiger partial charge in [0, 0.05) is 5.75 Å². The lowest BCUT2D eigenvalue weighted by Crippen LogP contribution is -2.06. The van der Waals surface area contributed by atoms with Crippen LogP contribution in [-0.2, 0) is 6.42 Å². The third-order valence-electron chi connectivity index (χ3n) is 2.79. The zero-order chi connectivity index (χ0) is 13.5. The fraction of sp³-hybridized carbons (Fsp3) is 0.533. The minimum Gasteiger partial charge on any atom is -0.493 e. The number of thiocyanates is 1. The van der Waals surface area contributed by atoms with E-state index in [9.17, 15) is 0 Å². The number of rotatable bonds is 6. The van der Waals surface area contributed by atoms with Gasteiger partial charge in [-0.1, -0.05) is 24.6 Å². The van der Waals surface area contributed by atoms with E-state index >= 15 is 0 Å². The van der Waals surface area contributed by atoms with Crippen LogP contribution in [0.4, 0.5) is 0 Å². The van der Waals surface area contributed by atoms with Crippen molar-refractivity contribution in [3.8, 4) is 11.2 Å². The quantitative estimate of drug-likeness (QED) is 0.725. The van der Waals surface area contributed by atoms with Crippen molar-refractivity contribution in [1.29, 1.82) is 5.26 Å². The molecule has 18 heavy (non-hydrogen) atoms. The van der Waals surface area contributed by atoms with E-state index in [1.807, 2.05) is 6.92 Å². The summed E-state index contributed by atoms with van der Waals surface area (Å²) in [6.07, 6.45) is 0.965. The van der Waals surface area contributed by atoms with Crippen molar-refractivity contribution in [2.75, 3.05) is 12.4 Å². The molecule has 1 rings (SSSR count). The average Bonchev–Trinajstić information content (AvgIpc) is 2.31. The van der Waals surface area contributed by atoms with Gasteiger partial charge in [-0.05, 0) is 56.0 Å². The summed E-state index contributed by atoms with van der Waals surface area (Å²) in [7, 11) is 0. The Balaban J connectivity index is 2.89. The van der Waals surface area contributed by atoms with Gasteiger partial charge in [0.2, 0.25) is 0 Å². The molecule has 1 atom stereocenters. The van der Waals surface area contributed by atoms with Crippen LogP contribution >= 0.6 is 11.8 Å². The van der Waals surface area contributed by atoms with Crippen LogP contribution in [0.3, 0.4) is 0 Å². The van der Waals surface area contributed by atoms with E-state index in [2.05, 4.69) is 38.3 Å². The summed E-state index contributed by atoms with van der Waals surface area (Å²) in [6, 6.07) is 4.36. The number of benzene rings is 1. The first kappa shape index (κ1) is 14.9. The summed E-state index contributed by atoms with van der Waals surface area (Å²) in [4.78, 5) is 0. The van der Waals surface area contributed by atoms with E-state index < -0.39 is 0 Å². The van der Waals surface area contributed by atoms with Gasteiger partial charge in [0.1, 0.15) is 11.2 Å². The summed E-state index contributed by atoms with van der Waals surface area (Å²) in [5.41, 5.74) is 3.73. The van der Waals surface area contributed by atoms with E-state index in [0.717, 1.165) is 17.9 Å². The molecule has 3 heteroatoms. The normalized spacial score (nSPS) is 11.9. The molecule has 0 fully saturated rings. The molecule has 0 aliphatic carbocycles. The second kappa shape index (κ2) is 7.33. The monoisotopic (exact) mass is 263 g/mol. The molecule has 1 aromatic rings. The van der Waals surface area contributed by atoms with Crippen molar-refractivity contribution >= 4 is 11.8 Å². The SMILES string of the molecule is CCOc1c(C)cc(C)cc1CC(C)CSC#N. The predicted octanol–water partition coefficient (Wildman–Crippen LogP) is 4.10. The van der Waals surface area contributed by atoms with Crippen molar-refractivity contribution in [1.82, 2.24) is 0 Å². The highest BCUT2D eigenvalue weighted by Crippen LogP contribution is 2.28. The molecule has 2 nitrogen and oxygen atoms in total. The Hall–Kier alpha value is -1.14. The Morgan fingerprint density at radius 1 is 1.39 bits per heavy atom. The number of hydrogen-bond donors (Lipinski definition) is 0. The Kier molecular flexibility index (Phi) is 6.07. The molecule has 0 amide bonds. The van der Waals surface area contributed by atoms with Crippen molar-refractivity contribution < 1.29 is 4.74 Å². The molecular weight excluding hydrogens is 242 g/mol. The first-order valence-corrected chi connectivity index (χ1v) is 7.30. The van der Waals surface area contributed by atoms with Gasteiger partial charge in [0.15, 0.2) is 0 Å². The standard InChI is InChI=1S/C15H21NOS/c1-5-17-15-13(4)6-11(2)7-14(15)8-12(3)9-18-10-16/h6-7,12H,5,8-9H2,1-4H3. The maximum Gasteiger partial charge on any atom is 0.133 e. The highest BCUT2D eigenvalue weighted by molar-refractivity contribution is 8.03. The van der Waals surface area contributed by atoms with Gasteiger partial charge in [-0.25, -0.2) is 0 Å². The molecule has 0 bridgehead atoms. The molecule has 1 aromatic carbocycles. The molecule has 98 valence electrons. The van der Waals surface area contributed by atoms with Gasteiger partial charge in [0.25, 0.3) is 0 Å². The number of nitrogens with zero attached hydrogens (tertiary/aromatic N) is 1. The van der Waals surface area contributed by atoms with Gasteiger partial charge in [0.05, 0.1) is 6.61 Å². The maximum absolute atomic E-state index is 8.60. The highest BCUT2D eigenvalue weighted by atomic mass is 32.2. The van der Waals surface area contributed by atoms with E-state index in [1.165, 1.54) is 28.5 Å². The third-order valence-corrected chi connectivity index (χ3v) is 3.65. The highest BCUT2D eigenvalue weighted by Gasteiger charge is 2.12. The van der Waals surface area contributed by atoms with Crippen LogP contribution in [-0.4, -0.2) is 12.4 Å². The van der Waals surface area contributed by atoms with Gasteiger partial charge in [-0.2, -0.15) is 5.26 Å². The summed E-state index contributed by atoms with van der Waals surface area (Å²) in [5.74, 6) is 2.38. The maximum atomic E-state index is 8.60. The minimum absolute atomic E-state index is 0.482. The second-order valence-corrected chi connectivity index (χ2v) is 5.52. The molecule has 1 unspecified atom stereocenters. The molecule has 0 aromatic heterocycles. The fourth-order valence-corrected chi connectivity index (χ4v) is 2.64. The summed E-state index contributed by atoms with van der Waals surface area (Å²) in [6.45, 7) is 9.09. The van der Waals surface area contributed by atoms with Crippen molar-refractivity contribution in [3.63, 3.8) is 0 Å². The molecule has 0 N–H and O–H groups in total. The van der Waals surface area contributed by atoms with Gasteiger partial charge in [-0.3, -0.25) is 0 Å². The van der Waals surface area contributed by atoms with Crippen molar-refractivity contribution in [2.24, 2.45) is 5.92 Å². The van der Waals surface area contributed by atoms with Crippen LogP contribution in [0.1, 0.15) is 30.5 Å². The number of hydrogen-bond acceptors (Lipinski definition) is 3. The Labute approximate surface area is 114 Å². The first-order valence-electron chi connectivity index (χ1n) is 6.32. The van der Waals surface area contributed by atoms with Crippen LogP contribution in [0.25, 0.3) is 0 Å². The summed E-state index contributed by atoms with van der Waals surface area (Å²) in [5, 5.41) is 10.7. The topological polar surface area (TPSA) is 33.0 Å². The Morgan fingerprint density at radius 3 is 2.72 bits per heavy atom. The summed E-state index contributed by atoms with van der Waals surface area (Å²) < 4.78 is 5.76.